The summed E-state index contributed by atoms with van der Waals surface area (Å²) in [6, 6.07) is -0.359. The van der Waals surface area contributed by atoms with Gasteiger partial charge in [0.1, 0.15) is 0 Å². The number of carbonyl (C=O) groups is 3. The van der Waals surface area contributed by atoms with Gasteiger partial charge in [-0.15, -0.1) is 0 Å². The molecule has 2 unspecified atom stereocenters. The highest BCUT2D eigenvalue weighted by Crippen LogP contribution is 2.23. The van der Waals surface area contributed by atoms with E-state index in [0.717, 1.165) is 19.3 Å². The van der Waals surface area contributed by atoms with Crippen molar-refractivity contribution in [2.24, 2.45) is 11.7 Å². The standard InChI is InChI=1S/C12H21N3O4/c13-6-10(16)14-7-11(17)15-9-5-3-1-2-4-8(9)12(18)19/h8-9H,1-7,13H2,(H,14,16)(H,15,17)(H,18,19). The highest BCUT2D eigenvalue weighted by molar-refractivity contribution is 5.86. The Kier molecular flexibility index (Phi) is 6.27. The van der Waals surface area contributed by atoms with Crippen molar-refractivity contribution in [3.63, 3.8) is 0 Å². The average Bonchev–Trinajstić information content (AvgIpc) is 2.61. The molecule has 108 valence electrons. The van der Waals surface area contributed by atoms with Crippen LogP contribution in [0.25, 0.3) is 0 Å². The van der Waals surface area contributed by atoms with Gasteiger partial charge in [0.2, 0.25) is 11.8 Å². The molecule has 1 aliphatic rings. The van der Waals surface area contributed by atoms with E-state index in [1.807, 2.05) is 0 Å². The lowest BCUT2D eigenvalue weighted by Crippen LogP contribution is -2.47. The summed E-state index contributed by atoms with van der Waals surface area (Å²) in [6.07, 6.45) is 4.00. The Labute approximate surface area is 111 Å². The topological polar surface area (TPSA) is 122 Å². The summed E-state index contributed by atoms with van der Waals surface area (Å²) in [6.45, 7) is -0.340. The Morgan fingerprint density at radius 2 is 1.79 bits per heavy atom. The SMILES string of the molecule is NCC(=O)NCC(=O)NC1CCCCCC1C(=O)O. The molecule has 1 saturated carbocycles. The maximum absolute atomic E-state index is 11.7. The number of nitrogens with two attached hydrogens (primary N) is 1. The molecule has 19 heavy (non-hydrogen) atoms. The predicted octanol–water partition coefficient (Wildman–Crippen LogP) is -0.789. The Bertz CT molecular complexity index is 346. The van der Waals surface area contributed by atoms with Crippen LogP contribution in [0.1, 0.15) is 32.1 Å². The highest BCUT2D eigenvalue weighted by Gasteiger charge is 2.30. The smallest absolute Gasteiger partial charge is 0.308 e. The molecule has 0 radical (unpaired) electrons. The first kappa shape index (κ1) is 15.4. The number of rotatable bonds is 5. The quantitative estimate of drug-likeness (QED) is 0.488. The van der Waals surface area contributed by atoms with Gasteiger partial charge in [0.05, 0.1) is 19.0 Å². The summed E-state index contributed by atoms with van der Waals surface area (Å²) in [5, 5.41) is 14.2. The van der Waals surface area contributed by atoms with Gasteiger partial charge >= 0.3 is 5.97 Å². The van der Waals surface area contributed by atoms with Crippen molar-refractivity contribution < 1.29 is 19.5 Å². The molecule has 1 fully saturated rings. The highest BCUT2D eigenvalue weighted by atomic mass is 16.4. The number of hydrogen-bond acceptors (Lipinski definition) is 4. The summed E-state index contributed by atoms with van der Waals surface area (Å²) >= 11 is 0. The minimum atomic E-state index is -0.877. The van der Waals surface area contributed by atoms with Crippen LogP contribution in [-0.2, 0) is 14.4 Å². The zero-order chi connectivity index (χ0) is 14.3. The average molecular weight is 271 g/mol. The lowest BCUT2D eigenvalue weighted by Gasteiger charge is -2.22. The van der Waals surface area contributed by atoms with E-state index in [1.54, 1.807) is 0 Å². The van der Waals surface area contributed by atoms with Gasteiger partial charge in [-0.2, -0.15) is 0 Å². The van der Waals surface area contributed by atoms with E-state index in [0.29, 0.717) is 12.8 Å². The van der Waals surface area contributed by atoms with Crippen molar-refractivity contribution in [3.8, 4) is 0 Å². The third-order valence-electron chi connectivity index (χ3n) is 3.31. The molecule has 2 atom stereocenters. The first-order valence-corrected chi connectivity index (χ1v) is 6.53. The van der Waals surface area contributed by atoms with Crippen LogP contribution >= 0.6 is 0 Å². The number of carboxylic acid groups (broad SMARTS) is 1. The van der Waals surface area contributed by atoms with E-state index in [2.05, 4.69) is 10.6 Å². The van der Waals surface area contributed by atoms with E-state index in [1.165, 1.54) is 0 Å². The van der Waals surface area contributed by atoms with Crippen molar-refractivity contribution in [3.05, 3.63) is 0 Å². The zero-order valence-corrected chi connectivity index (χ0v) is 10.9. The maximum atomic E-state index is 11.7. The number of carboxylic acids is 1. The van der Waals surface area contributed by atoms with E-state index in [4.69, 9.17) is 10.8 Å². The van der Waals surface area contributed by atoms with Crippen LogP contribution in [0.5, 0.6) is 0 Å². The Hall–Kier alpha value is -1.63. The summed E-state index contributed by atoms with van der Waals surface area (Å²) < 4.78 is 0. The molecule has 1 aliphatic carbocycles. The van der Waals surface area contributed by atoms with Crippen LogP contribution in [0, 0.1) is 5.92 Å². The second-order valence-corrected chi connectivity index (χ2v) is 4.74. The molecule has 0 bridgehead atoms. The minimum absolute atomic E-state index is 0.168. The van der Waals surface area contributed by atoms with Crippen molar-refractivity contribution in [1.29, 1.82) is 0 Å². The van der Waals surface area contributed by atoms with Crippen molar-refractivity contribution in [2.45, 2.75) is 38.1 Å². The van der Waals surface area contributed by atoms with Gasteiger partial charge in [-0.3, -0.25) is 14.4 Å². The van der Waals surface area contributed by atoms with Crippen LogP contribution in [-0.4, -0.2) is 42.0 Å². The van der Waals surface area contributed by atoms with Crippen LogP contribution in [0.3, 0.4) is 0 Å². The summed E-state index contributed by atoms with van der Waals surface area (Å²) in [5.74, 6) is -2.21. The van der Waals surface area contributed by atoms with Gasteiger partial charge in [-0.05, 0) is 12.8 Å². The first-order chi connectivity index (χ1) is 9.04. The van der Waals surface area contributed by atoms with Gasteiger partial charge in [0.15, 0.2) is 0 Å². The molecule has 0 heterocycles. The lowest BCUT2D eigenvalue weighted by molar-refractivity contribution is -0.143. The monoisotopic (exact) mass is 271 g/mol. The van der Waals surface area contributed by atoms with Crippen LogP contribution in [0.4, 0.5) is 0 Å². The number of hydrogen-bond donors (Lipinski definition) is 4. The Morgan fingerprint density at radius 3 is 2.42 bits per heavy atom. The molecule has 0 spiro atoms. The van der Waals surface area contributed by atoms with Crippen molar-refractivity contribution >= 4 is 17.8 Å². The fraction of sp³-hybridized carbons (Fsp3) is 0.750. The maximum Gasteiger partial charge on any atom is 0.308 e. The van der Waals surface area contributed by atoms with Gasteiger partial charge in [0.25, 0.3) is 0 Å². The molecular weight excluding hydrogens is 250 g/mol. The summed E-state index contributed by atoms with van der Waals surface area (Å²) in [4.78, 5) is 33.8. The minimum Gasteiger partial charge on any atom is -0.481 e. The predicted molar refractivity (Wildman–Crippen MR) is 68.2 cm³/mol. The Morgan fingerprint density at radius 1 is 1.11 bits per heavy atom. The molecule has 0 aromatic rings. The third kappa shape index (κ3) is 5.25. The summed E-state index contributed by atoms with van der Waals surface area (Å²) in [5.41, 5.74) is 5.10. The fourth-order valence-electron chi connectivity index (χ4n) is 2.28. The molecule has 5 N–H and O–H groups in total. The van der Waals surface area contributed by atoms with E-state index in [-0.39, 0.29) is 25.0 Å². The van der Waals surface area contributed by atoms with Gasteiger partial charge in [-0.1, -0.05) is 19.3 Å². The number of nitrogens with one attached hydrogen (secondary N) is 2. The number of aliphatic carboxylic acids is 1. The van der Waals surface area contributed by atoms with Crippen LogP contribution in [0.2, 0.25) is 0 Å². The normalized spacial score (nSPS) is 23.2. The first-order valence-electron chi connectivity index (χ1n) is 6.53. The van der Waals surface area contributed by atoms with Crippen molar-refractivity contribution in [1.82, 2.24) is 10.6 Å². The fourth-order valence-corrected chi connectivity index (χ4v) is 2.28. The summed E-state index contributed by atoms with van der Waals surface area (Å²) in [7, 11) is 0. The molecule has 2 amide bonds. The second kappa shape index (κ2) is 7.73. The molecule has 0 aromatic carbocycles. The third-order valence-corrected chi connectivity index (χ3v) is 3.31. The Balaban J connectivity index is 2.49. The molecule has 7 heteroatoms. The lowest BCUT2D eigenvalue weighted by atomic mass is 9.95. The second-order valence-electron chi connectivity index (χ2n) is 4.74. The van der Waals surface area contributed by atoms with Crippen molar-refractivity contribution in [2.75, 3.05) is 13.1 Å². The zero-order valence-electron chi connectivity index (χ0n) is 10.9. The molecular formula is C12H21N3O4. The van der Waals surface area contributed by atoms with Gasteiger partial charge in [0, 0.05) is 6.04 Å². The van der Waals surface area contributed by atoms with Crippen LogP contribution < -0.4 is 16.4 Å². The van der Waals surface area contributed by atoms with E-state index < -0.39 is 17.8 Å². The molecule has 1 rings (SSSR count). The van der Waals surface area contributed by atoms with Gasteiger partial charge in [-0.25, -0.2) is 0 Å². The molecule has 0 aromatic heterocycles. The number of amides is 2. The molecule has 0 saturated heterocycles. The van der Waals surface area contributed by atoms with E-state index >= 15 is 0 Å². The largest absolute Gasteiger partial charge is 0.481 e. The van der Waals surface area contributed by atoms with Gasteiger partial charge < -0.3 is 21.5 Å². The van der Waals surface area contributed by atoms with E-state index in [9.17, 15) is 14.4 Å². The number of carbonyl (C=O) groups excluding carboxylic acids is 2. The van der Waals surface area contributed by atoms with Crippen LogP contribution in [0.15, 0.2) is 0 Å². The molecule has 0 aliphatic heterocycles. The molecule has 7 nitrogen and oxygen atoms in total.